The number of carbonyl (C=O) groups is 1. The van der Waals surface area contributed by atoms with E-state index in [1.165, 1.54) is 0 Å². The van der Waals surface area contributed by atoms with Gasteiger partial charge in [-0.05, 0) is 37.6 Å². The molecule has 1 aromatic rings. The van der Waals surface area contributed by atoms with Gasteiger partial charge in [0.25, 0.3) is 0 Å². The normalized spacial score (nSPS) is 12.6. The number of methoxy groups -OCH3 is 1. The minimum atomic E-state index is -0.164. The summed E-state index contributed by atoms with van der Waals surface area (Å²) in [6, 6.07) is 5.66. The fourth-order valence-electron chi connectivity index (χ4n) is 1.86. The smallest absolute Gasteiger partial charge is 0.179 e. The average molecular weight is 235 g/mol. The summed E-state index contributed by atoms with van der Waals surface area (Å²) in [5.41, 5.74) is 1.71. The van der Waals surface area contributed by atoms with Gasteiger partial charge in [-0.1, -0.05) is 13.8 Å². The Morgan fingerprint density at radius 2 is 1.94 bits per heavy atom. The highest BCUT2D eigenvalue weighted by Crippen LogP contribution is 2.19. The van der Waals surface area contributed by atoms with Crippen LogP contribution in [0, 0.1) is 6.92 Å². The van der Waals surface area contributed by atoms with E-state index in [0.29, 0.717) is 6.04 Å². The van der Waals surface area contributed by atoms with E-state index in [0.717, 1.165) is 16.9 Å². The number of Topliss-reactive ketones (excluding diaryl/α,β-unsaturated/α-hetero) is 1. The third-order valence-corrected chi connectivity index (χ3v) is 2.66. The predicted octanol–water partition coefficient (Wildman–Crippen LogP) is 2.57. The molecule has 1 rings (SSSR count). The molecule has 1 unspecified atom stereocenters. The molecule has 1 aromatic carbocycles. The first-order valence-electron chi connectivity index (χ1n) is 5.90. The minimum Gasteiger partial charge on any atom is -0.496 e. The Bertz CT molecular complexity index is 399. The Kier molecular flexibility index (Phi) is 4.70. The third-order valence-electron chi connectivity index (χ3n) is 2.66. The lowest BCUT2D eigenvalue weighted by Crippen LogP contribution is -2.38. The van der Waals surface area contributed by atoms with Crippen molar-refractivity contribution in [2.24, 2.45) is 0 Å². The van der Waals surface area contributed by atoms with Crippen LogP contribution in [0.5, 0.6) is 5.75 Å². The second kappa shape index (κ2) is 5.82. The van der Waals surface area contributed by atoms with Gasteiger partial charge in [0.1, 0.15) is 5.75 Å². The number of benzene rings is 1. The maximum atomic E-state index is 12.1. The number of nitrogens with one attached hydrogen (secondary N) is 1. The zero-order valence-electron chi connectivity index (χ0n) is 11.2. The van der Waals surface area contributed by atoms with Crippen LogP contribution in [0.4, 0.5) is 0 Å². The lowest BCUT2D eigenvalue weighted by atomic mass is 10.0. The topological polar surface area (TPSA) is 38.3 Å². The lowest BCUT2D eigenvalue weighted by molar-refractivity contribution is 0.0946. The number of ether oxygens (including phenoxy) is 1. The van der Waals surface area contributed by atoms with Gasteiger partial charge in [0, 0.05) is 11.6 Å². The number of hydrogen-bond donors (Lipinski definition) is 1. The SMILES string of the molecule is COc1ccc(C(=O)C(C)NC(C)C)cc1C. The van der Waals surface area contributed by atoms with Crippen molar-refractivity contribution in [2.75, 3.05) is 7.11 Å². The second-order valence-corrected chi connectivity index (χ2v) is 4.59. The number of ketones is 1. The molecule has 94 valence electrons. The summed E-state index contributed by atoms with van der Waals surface area (Å²) in [6.07, 6.45) is 0. The van der Waals surface area contributed by atoms with Gasteiger partial charge in [-0.2, -0.15) is 0 Å². The van der Waals surface area contributed by atoms with Crippen LogP contribution in [0.15, 0.2) is 18.2 Å². The largest absolute Gasteiger partial charge is 0.496 e. The van der Waals surface area contributed by atoms with Crippen molar-refractivity contribution in [3.63, 3.8) is 0 Å². The maximum absolute atomic E-state index is 12.1. The summed E-state index contributed by atoms with van der Waals surface area (Å²) in [5.74, 6) is 0.926. The molecule has 0 saturated heterocycles. The Hall–Kier alpha value is -1.35. The van der Waals surface area contributed by atoms with Crippen LogP contribution < -0.4 is 10.1 Å². The Morgan fingerprint density at radius 1 is 1.29 bits per heavy atom. The molecule has 0 fully saturated rings. The molecule has 0 bridgehead atoms. The zero-order valence-corrected chi connectivity index (χ0v) is 11.2. The molecule has 3 heteroatoms. The van der Waals surface area contributed by atoms with Gasteiger partial charge in [0.2, 0.25) is 0 Å². The summed E-state index contributed by atoms with van der Waals surface area (Å²) < 4.78 is 5.18. The highest BCUT2D eigenvalue weighted by atomic mass is 16.5. The molecule has 0 aliphatic heterocycles. The van der Waals surface area contributed by atoms with Crippen molar-refractivity contribution >= 4 is 5.78 Å². The molecule has 1 N–H and O–H groups in total. The highest BCUT2D eigenvalue weighted by molar-refractivity contribution is 6.00. The molecule has 0 aliphatic rings. The summed E-state index contributed by atoms with van der Waals surface area (Å²) in [6.45, 7) is 7.89. The standard InChI is InChI=1S/C14H21NO2/c1-9(2)15-11(4)14(16)12-6-7-13(17-5)10(3)8-12/h6-9,11,15H,1-5H3. The summed E-state index contributed by atoms with van der Waals surface area (Å²) in [4.78, 5) is 12.1. The monoisotopic (exact) mass is 235 g/mol. The van der Waals surface area contributed by atoms with Gasteiger partial charge in [-0.15, -0.1) is 0 Å². The van der Waals surface area contributed by atoms with Crippen molar-refractivity contribution in [3.05, 3.63) is 29.3 Å². The van der Waals surface area contributed by atoms with Crippen LogP contribution in [-0.4, -0.2) is 25.0 Å². The number of rotatable bonds is 5. The lowest BCUT2D eigenvalue weighted by Gasteiger charge is -2.16. The molecule has 0 aliphatic carbocycles. The minimum absolute atomic E-state index is 0.115. The summed E-state index contributed by atoms with van der Waals surface area (Å²) >= 11 is 0. The first kappa shape index (κ1) is 13.7. The predicted molar refractivity (Wildman–Crippen MR) is 69.8 cm³/mol. The molecule has 1 atom stereocenters. The van der Waals surface area contributed by atoms with Gasteiger partial charge >= 0.3 is 0 Å². The molecule has 0 spiro atoms. The van der Waals surface area contributed by atoms with Crippen molar-refractivity contribution in [1.29, 1.82) is 0 Å². The molecule has 0 heterocycles. The van der Waals surface area contributed by atoms with Gasteiger partial charge in [-0.25, -0.2) is 0 Å². The second-order valence-electron chi connectivity index (χ2n) is 4.59. The Morgan fingerprint density at radius 3 is 2.41 bits per heavy atom. The first-order chi connectivity index (χ1) is 7.95. The fraction of sp³-hybridized carbons (Fsp3) is 0.500. The van der Waals surface area contributed by atoms with E-state index in [9.17, 15) is 4.79 Å². The van der Waals surface area contributed by atoms with Crippen molar-refractivity contribution in [1.82, 2.24) is 5.32 Å². The van der Waals surface area contributed by atoms with E-state index in [-0.39, 0.29) is 11.8 Å². The molecule has 0 aromatic heterocycles. The Balaban J connectivity index is 2.86. The van der Waals surface area contributed by atoms with Crippen LogP contribution in [0.3, 0.4) is 0 Å². The summed E-state index contributed by atoms with van der Waals surface area (Å²) in [5, 5.41) is 3.21. The quantitative estimate of drug-likeness (QED) is 0.797. The Labute approximate surface area is 103 Å². The van der Waals surface area contributed by atoms with Gasteiger partial charge in [0.05, 0.1) is 13.2 Å². The van der Waals surface area contributed by atoms with Crippen LogP contribution in [0.2, 0.25) is 0 Å². The van der Waals surface area contributed by atoms with E-state index in [2.05, 4.69) is 5.32 Å². The van der Waals surface area contributed by atoms with Crippen LogP contribution >= 0.6 is 0 Å². The zero-order chi connectivity index (χ0) is 13.0. The average Bonchev–Trinajstić information content (AvgIpc) is 2.27. The van der Waals surface area contributed by atoms with Gasteiger partial charge in [0.15, 0.2) is 5.78 Å². The molecule has 0 radical (unpaired) electrons. The van der Waals surface area contributed by atoms with E-state index < -0.39 is 0 Å². The first-order valence-corrected chi connectivity index (χ1v) is 5.90. The van der Waals surface area contributed by atoms with Gasteiger partial charge < -0.3 is 10.1 Å². The third kappa shape index (κ3) is 3.56. The van der Waals surface area contributed by atoms with Crippen molar-refractivity contribution in [3.8, 4) is 5.75 Å². The molecule has 0 amide bonds. The van der Waals surface area contributed by atoms with Crippen LogP contribution in [0.25, 0.3) is 0 Å². The van der Waals surface area contributed by atoms with Gasteiger partial charge in [-0.3, -0.25) is 4.79 Å². The van der Waals surface area contributed by atoms with E-state index >= 15 is 0 Å². The van der Waals surface area contributed by atoms with E-state index in [1.54, 1.807) is 7.11 Å². The molecular formula is C14H21NO2. The van der Waals surface area contributed by atoms with Crippen LogP contribution in [0.1, 0.15) is 36.7 Å². The number of aryl methyl sites for hydroxylation is 1. The fourth-order valence-corrected chi connectivity index (χ4v) is 1.86. The van der Waals surface area contributed by atoms with E-state index in [1.807, 2.05) is 45.9 Å². The molecule has 3 nitrogen and oxygen atoms in total. The molecule has 17 heavy (non-hydrogen) atoms. The molecule has 0 saturated carbocycles. The van der Waals surface area contributed by atoms with Crippen LogP contribution in [-0.2, 0) is 0 Å². The molecular weight excluding hydrogens is 214 g/mol. The maximum Gasteiger partial charge on any atom is 0.179 e. The number of hydrogen-bond acceptors (Lipinski definition) is 3. The van der Waals surface area contributed by atoms with E-state index in [4.69, 9.17) is 4.74 Å². The summed E-state index contributed by atoms with van der Waals surface area (Å²) in [7, 11) is 1.63. The van der Waals surface area contributed by atoms with Crippen molar-refractivity contribution in [2.45, 2.75) is 39.8 Å². The number of carbonyl (C=O) groups excluding carboxylic acids is 1. The van der Waals surface area contributed by atoms with Crippen molar-refractivity contribution < 1.29 is 9.53 Å². The highest BCUT2D eigenvalue weighted by Gasteiger charge is 2.16.